The normalized spacial score (nSPS) is 9.85. The second-order valence-corrected chi connectivity index (χ2v) is 3.79. The second-order valence-electron chi connectivity index (χ2n) is 3.79. The number of nitro benzene ring substituents is 1. The summed E-state index contributed by atoms with van der Waals surface area (Å²) < 4.78 is 13.0. The number of carboxylic acids is 1. The minimum atomic E-state index is -1.27. The Morgan fingerprint density at radius 1 is 1.50 bits per heavy atom. The van der Waals surface area contributed by atoms with Gasteiger partial charge in [-0.2, -0.15) is 0 Å². The standard InChI is InChI=1S/C12H11FN2O5/c1-2-5-14(7-11(16)17)12(18)9-4-3-8(13)6-10(9)15(19)20/h2-4,6H,1,5,7H2,(H,16,17). The fourth-order valence-electron chi connectivity index (χ4n) is 1.55. The van der Waals surface area contributed by atoms with Crippen molar-refractivity contribution in [2.24, 2.45) is 0 Å². The van der Waals surface area contributed by atoms with Gasteiger partial charge >= 0.3 is 5.97 Å². The van der Waals surface area contributed by atoms with Crippen LogP contribution in [0.25, 0.3) is 0 Å². The van der Waals surface area contributed by atoms with Crippen molar-refractivity contribution in [2.75, 3.05) is 13.1 Å². The van der Waals surface area contributed by atoms with E-state index in [9.17, 15) is 24.1 Å². The number of hydrogen-bond acceptors (Lipinski definition) is 4. The minimum absolute atomic E-state index is 0.0976. The van der Waals surface area contributed by atoms with Crippen LogP contribution in [0.5, 0.6) is 0 Å². The van der Waals surface area contributed by atoms with Gasteiger partial charge in [-0.25, -0.2) is 4.39 Å². The van der Waals surface area contributed by atoms with Gasteiger partial charge in [0, 0.05) is 6.54 Å². The van der Waals surface area contributed by atoms with Crippen molar-refractivity contribution in [3.8, 4) is 0 Å². The van der Waals surface area contributed by atoms with Crippen molar-refractivity contribution in [3.63, 3.8) is 0 Å². The second kappa shape index (κ2) is 6.41. The van der Waals surface area contributed by atoms with Crippen LogP contribution >= 0.6 is 0 Å². The van der Waals surface area contributed by atoms with Gasteiger partial charge in [-0.1, -0.05) is 6.08 Å². The highest BCUT2D eigenvalue weighted by Gasteiger charge is 2.25. The smallest absolute Gasteiger partial charge is 0.323 e. The van der Waals surface area contributed by atoms with E-state index >= 15 is 0 Å². The predicted molar refractivity (Wildman–Crippen MR) is 66.8 cm³/mol. The molecule has 0 aliphatic rings. The highest BCUT2D eigenvalue weighted by molar-refractivity contribution is 5.99. The molecule has 1 aromatic rings. The molecule has 0 fully saturated rings. The average Bonchev–Trinajstić information content (AvgIpc) is 2.36. The molecule has 0 heterocycles. The summed E-state index contributed by atoms with van der Waals surface area (Å²) in [5.74, 6) is -3.01. The molecule has 0 spiro atoms. The molecule has 1 amide bonds. The maximum absolute atomic E-state index is 13.0. The number of halogens is 1. The Labute approximate surface area is 113 Å². The van der Waals surface area contributed by atoms with E-state index in [4.69, 9.17) is 5.11 Å². The summed E-state index contributed by atoms with van der Waals surface area (Å²) in [6, 6.07) is 2.46. The lowest BCUT2D eigenvalue weighted by Gasteiger charge is -2.18. The first-order chi connectivity index (χ1) is 9.36. The Morgan fingerprint density at radius 2 is 2.15 bits per heavy atom. The van der Waals surface area contributed by atoms with Crippen molar-refractivity contribution >= 4 is 17.6 Å². The highest BCUT2D eigenvalue weighted by Crippen LogP contribution is 2.21. The number of aliphatic carboxylic acids is 1. The third-order valence-electron chi connectivity index (χ3n) is 2.35. The average molecular weight is 282 g/mol. The molecular weight excluding hydrogens is 271 g/mol. The van der Waals surface area contributed by atoms with Crippen molar-refractivity contribution < 1.29 is 24.0 Å². The molecular formula is C12H11FN2O5. The number of nitrogens with zero attached hydrogens (tertiary/aromatic N) is 2. The first-order valence-corrected chi connectivity index (χ1v) is 5.42. The van der Waals surface area contributed by atoms with Gasteiger partial charge in [0.2, 0.25) is 0 Å². The molecule has 0 saturated carbocycles. The summed E-state index contributed by atoms with van der Waals surface area (Å²) in [6.07, 6.45) is 1.29. The molecule has 0 bridgehead atoms. The Hall–Kier alpha value is -2.77. The van der Waals surface area contributed by atoms with E-state index in [1.54, 1.807) is 0 Å². The summed E-state index contributed by atoms with van der Waals surface area (Å²) in [6.45, 7) is 2.64. The van der Waals surface area contributed by atoms with Crippen LogP contribution in [-0.2, 0) is 4.79 Å². The van der Waals surface area contributed by atoms with Crippen LogP contribution in [0.2, 0.25) is 0 Å². The molecule has 0 radical (unpaired) electrons. The zero-order chi connectivity index (χ0) is 15.3. The van der Waals surface area contributed by atoms with E-state index in [-0.39, 0.29) is 12.1 Å². The largest absolute Gasteiger partial charge is 0.480 e. The molecule has 0 unspecified atom stereocenters. The maximum Gasteiger partial charge on any atom is 0.323 e. The fraction of sp³-hybridized carbons (Fsp3) is 0.167. The van der Waals surface area contributed by atoms with Crippen LogP contribution in [0.15, 0.2) is 30.9 Å². The van der Waals surface area contributed by atoms with Crippen LogP contribution in [0.4, 0.5) is 10.1 Å². The summed E-state index contributed by atoms with van der Waals surface area (Å²) >= 11 is 0. The topological polar surface area (TPSA) is 101 Å². The lowest BCUT2D eigenvalue weighted by atomic mass is 10.1. The maximum atomic E-state index is 13.0. The van der Waals surface area contributed by atoms with E-state index < -0.39 is 34.8 Å². The Morgan fingerprint density at radius 3 is 2.65 bits per heavy atom. The zero-order valence-electron chi connectivity index (χ0n) is 10.3. The predicted octanol–water partition coefficient (Wildman–Crippen LogP) is 1.45. The van der Waals surface area contributed by atoms with Gasteiger partial charge in [-0.05, 0) is 12.1 Å². The summed E-state index contributed by atoms with van der Waals surface area (Å²) in [5.41, 5.74) is -1.09. The molecule has 0 aliphatic carbocycles. The first kappa shape index (κ1) is 15.3. The molecule has 106 valence electrons. The van der Waals surface area contributed by atoms with Gasteiger partial charge in [-0.3, -0.25) is 19.7 Å². The van der Waals surface area contributed by atoms with Gasteiger partial charge in [0.25, 0.3) is 11.6 Å². The summed E-state index contributed by atoms with van der Waals surface area (Å²) in [4.78, 5) is 33.5. The van der Waals surface area contributed by atoms with Crippen molar-refractivity contribution in [2.45, 2.75) is 0 Å². The Balaban J connectivity index is 3.20. The number of carbonyl (C=O) groups is 2. The van der Waals surface area contributed by atoms with Crippen LogP contribution in [0.1, 0.15) is 10.4 Å². The molecule has 1 rings (SSSR count). The zero-order valence-corrected chi connectivity index (χ0v) is 10.3. The van der Waals surface area contributed by atoms with E-state index in [2.05, 4.69) is 6.58 Å². The van der Waals surface area contributed by atoms with E-state index in [0.29, 0.717) is 6.07 Å². The van der Waals surface area contributed by atoms with Crippen molar-refractivity contribution in [1.82, 2.24) is 4.90 Å². The highest BCUT2D eigenvalue weighted by atomic mass is 19.1. The number of amides is 1. The SMILES string of the molecule is C=CCN(CC(=O)O)C(=O)c1ccc(F)cc1[N+](=O)[O-]. The van der Waals surface area contributed by atoms with Crippen LogP contribution in [0, 0.1) is 15.9 Å². The minimum Gasteiger partial charge on any atom is -0.480 e. The Bertz CT molecular complexity index is 573. The van der Waals surface area contributed by atoms with Gasteiger partial charge in [0.1, 0.15) is 17.9 Å². The molecule has 8 heteroatoms. The third-order valence-corrected chi connectivity index (χ3v) is 2.35. The lowest BCUT2D eigenvalue weighted by molar-refractivity contribution is -0.385. The number of carbonyl (C=O) groups excluding carboxylic acids is 1. The van der Waals surface area contributed by atoms with Gasteiger partial charge in [0.15, 0.2) is 0 Å². The lowest BCUT2D eigenvalue weighted by Crippen LogP contribution is -2.36. The van der Waals surface area contributed by atoms with Crippen LogP contribution in [0.3, 0.4) is 0 Å². The number of rotatable bonds is 6. The van der Waals surface area contributed by atoms with E-state index in [0.717, 1.165) is 17.0 Å². The van der Waals surface area contributed by atoms with Gasteiger partial charge in [0.05, 0.1) is 11.0 Å². The van der Waals surface area contributed by atoms with E-state index in [1.165, 1.54) is 6.08 Å². The quantitative estimate of drug-likeness (QED) is 0.483. The fourth-order valence-corrected chi connectivity index (χ4v) is 1.55. The van der Waals surface area contributed by atoms with E-state index in [1.807, 2.05) is 0 Å². The third kappa shape index (κ3) is 3.61. The van der Waals surface area contributed by atoms with Crippen molar-refractivity contribution in [3.05, 3.63) is 52.3 Å². The number of hydrogen-bond donors (Lipinski definition) is 1. The monoisotopic (exact) mass is 282 g/mol. The van der Waals surface area contributed by atoms with Crippen LogP contribution in [-0.4, -0.2) is 39.9 Å². The molecule has 0 atom stereocenters. The summed E-state index contributed by atoms with van der Waals surface area (Å²) in [7, 11) is 0. The molecule has 1 N–H and O–H groups in total. The molecule has 0 aliphatic heterocycles. The molecule has 0 saturated heterocycles. The first-order valence-electron chi connectivity index (χ1n) is 5.42. The molecule has 20 heavy (non-hydrogen) atoms. The number of carboxylic acid groups (broad SMARTS) is 1. The molecule has 7 nitrogen and oxygen atoms in total. The molecule has 1 aromatic carbocycles. The number of nitro groups is 1. The summed E-state index contributed by atoms with van der Waals surface area (Å²) in [5, 5.41) is 19.5. The molecule has 0 aromatic heterocycles. The van der Waals surface area contributed by atoms with Crippen LogP contribution < -0.4 is 0 Å². The van der Waals surface area contributed by atoms with Gasteiger partial charge in [-0.15, -0.1) is 6.58 Å². The van der Waals surface area contributed by atoms with Crippen molar-refractivity contribution in [1.29, 1.82) is 0 Å². The Kier molecular flexibility index (Phi) is 4.90. The van der Waals surface area contributed by atoms with Gasteiger partial charge < -0.3 is 10.0 Å². The number of benzene rings is 1.